The zero-order valence-electron chi connectivity index (χ0n) is 14.6. The van der Waals surface area contributed by atoms with Crippen molar-refractivity contribution in [3.8, 4) is 11.5 Å². The van der Waals surface area contributed by atoms with Gasteiger partial charge < -0.3 is 14.8 Å². The summed E-state index contributed by atoms with van der Waals surface area (Å²) in [6, 6.07) is 13.8. The molecular weight excluding hydrogens is 352 g/mol. The average Bonchev–Trinajstić information content (AvgIpc) is 3.25. The number of ether oxygens (including phenoxy) is 2. The number of rotatable bonds is 5. The third kappa shape index (κ3) is 3.37. The number of benzene rings is 2. The zero-order chi connectivity index (χ0) is 18.1. The highest BCUT2D eigenvalue weighted by molar-refractivity contribution is 7.93. The first-order valence-electron chi connectivity index (χ1n) is 8.75. The molecule has 26 heavy (non-hydrogen) atoms. The van der Waals surface area contributed by atoms with Crippen molar-refractivity contribution in [2.24, 2.45) is 0 Å². The van der Waals surface area contributed by atoms with E-state index in [9.17, 15) is 8.42 Å². The Bertz CT molecular complexity index is 896. The topological polar surface area (TPSA) is 67.9 Å². The van der Waals surface area contributed by atoms with Crippen LogP contribution in [0.4, 0.5) is 5.69 Å². The third-order valence-electron chi connectivity index (χ3n) is 4.83. The van der Waals surface area contributed by atoms with Gasteiger partial charge in [-0.1, -0.05) is 18.2 Å². The number of anilines is 1. The predicted octanol–water partition coefficient (Wildman–Crippen LogP) is 2.81. The van der Waals surface area contributed by atoms with Gasteiger partial charge in [-0.05, 0) is 48.7 Å². The number of fused-ring (bicyclic) bond motifs is 1. The van der Waals surface area contributed by atoms with E-state index >= 15 is 0 Å². The van der Waals surface area contributed by atoms with E-state index in [-0.39, 0.29) is 18.6 Å². The van der Waals surface area contributed by atoms with Gasteiger partial charge in [0.1, 0.15) is 0 Å². The number of hydrogen-bond acceptors (Lipinski definition) is 5. The predicted molar refractivity (Wildman–Crippen MR) is 100 cm³/mol. The van der Waals surface area contributed by atoms with Crippen LogP contribution in [0.3, 0.4) is 0 Å². The minimum absolute atomic E-state index is 0.156. The SMILES string of the molecule is CC(NCc1ccc(N2CCCS2(=O)=O)cc1)c1ccc2c(c1)OCO2. The molecule has 6 nitrogen and oxygen atoms in total. The lowest BCUT2D eigenvalue weighted by Crippen LogP contribution is -2.25. The van der Waals surface area contributed by atoms with E-state index in [1.54, 1.807) is 0 Å². The van der Waals surface area contributed by atoms with Crippen LogP contribution in [0.25, 0.3) is 0 Å². The summed E-state index contributed by atoms with van der Waals surface area (Å²) in [6.45, 7) is 3.64. The molecule has 1 unspecified atom stereocenters. The van der Waals surface area contributed by atoms with Crippen molar-refractivity contribution in [3.63, 3.8) is 0 Å². The molecule has 0 amide bonds. The highest BCUT2D eigenvalue weighted by atomic mass is 32.2. The Hall–Kier alpha value is -2.25. The molecule has 0 saturated carbocycles. The largest absolute Gasteiger partial charge is 0.454 e. The molecule has 0 aromatic heterocycles. The molecule has 7 heteroatoms. The van der Waals surface area contributed by atoms with Crippen LogP contribution in [0, 0.1) is 0 Å². The molecule has 0 aliphatic carbocycles. The van der Waals surface area contributed by atoms with E-state index < -0.39 is 10.0 Å². The van der Waals surface area contributed by atoms with Crippen LogP contribution in [0.15, 0.2) is 42.5 Å². The second-order valence-electron chi connectivity index (χ2n) is 6.62. The molecule has 2 aliphatic heterocycles. The molecule has 1 fully saturated rings. The Balaban J connectivity index is 1.39. The summed E-state index contributed by atoms with van der Waals surface area (Å²) in [5, 5.41) is 3.48. The second-order valence-corrected chi connectivity index (χ2v) is 8.64. The smallest absolute Gasteiger partial charge is 0.235 e. The van der Waals surface area contributed by atoms with Gasteiger partial charge in [-0.2, -0.15) is 0 Å². The Labute approximate surface area is 153 Å². The Kier molecular flexibility index (Phi) is 4.50. The fourth-order valence-electron chi connectivity index (χ4n) is 3.28. The quantitative estimate of drug-likeness (QED) is 0.872. The first-order valence-corrected chi connectivity index (χ1v) is 10.4. The highest BCUT2D eigenvalue weighted by Gasteiger charge is 2.28. The minimum Gasteiger partial charge on any atom is -0.454 e. The van der Waals surface area contributed by atoms with Crippen molar-refractivity contribution < 1.29 is 17.9 Å². The lowest BCUT2D eigenvalue weighted by Gasteiger charge is -2.18. The number of nitrogens with zero attached hydrogens (tertiary/aromatic N) is 1. The van der Waals surface area contributed by atoms with E-state index in [0.717, 1.165) is 28.3 Å². The van der Waals surface area contributed by atoms with E-state index in [4.69, 9.17) is 9.47 Å². The molecule has 0 spiro atoms. The minimum atomic E-state index is -3.12. The van der Waals surface area contributed by atoms with Crippen LogP contribution in [-0.2, 0) is 16.6 Å². The molecule has 4 rings (SSSR count). The van der Waals surface area contributed by atoms with Crippen molar-refractivity contribution >= 4 is 15.7 Å². The lowest BCUT2D eigenvalue weighted by atomic mass is 10.1. The molecule has 0 bridgehead atoms. The van der Waals surface area contributed by atoms with Crippen LogP contribution < -0.4 is 19.1 Å². The Morgan fingerprint density at radius 1 is 1.12 bits per heavy atom. The third-order valence-corrected chi connectivity index (χ3v) is 6.70. The standard InChI is InChI=1S/C19H22N2O4S/c1-14(16-5-8-18-19(11-16)25-13-24-18)20-12-15-3-6-17(7-4-15)21-9-2-10-26(21,22)23/h3-8,11,14,20H,2,9-10,12-13H2,1H3. The number of nitrogens with one attached hydrogen (secondary N) is 1. The monoisotopic (exact) mass is 374 g/mol. The number of hydrogen-bond donors (Lipinski definition) is 1. The first kappa shape index (κ1) is 17.2. The van der Waals surface area contributed by atoms with Crippen molar-refractivity contribution in [1.29, 1.82) is 0 Å². The van der Waals surface area contributed by atoms with Crippen molar-refractivity contribution in [2.75, 3.05) is 23.4 Å². The highest BCUT2D eigenvalue weighted by Crippen LogP contribution is 2.34. The fourth-order valence-corrected chi connectivity index (χ4v) is 4.85. The van der Waals surface area contributed by atoms with E-state index in [1.807, 2.05) is 42.5 Å². The van der Waals surface area contributed by atoms with Crippen LogP contribution in [0.5, 0.6) is 11.5 Å². The van der Waals surface area contributed by atoms with Gasteiger partial charge >= 0.3 is 0 Å². The van der Waals surface area contributed by atoms with Gasteiger partial charge in [0.2, 0.25) is 16.8 Å². The molecule has 1 atom stereocenters. The van der Waals surface area contributed by atoms with Crippen LogP contribution >= 0.6 is 0 Å². The van der Waals surface area contributed by atoms with Gasteiger partial charge in [0.15, 0.2) is 11.5 Å². The summed E-state index contributed by atoms with van der Waals surface area (Å²) in [4.78, 5) is 0. The van der Waals surface area contributed by atoms with E-state index in [1.165, 1.54) is 4.31 Å². The second kappa shape index (κ2) is 6.81. The van der Waals surface area contributed by atoms with Gasteiger partial charge in [0.05, 0.1) is 11.4 Å². The molecular formula is C19H22N2O4S. The zero-order valence-corrected chi connectivity index (χ0v) is 15.5. The number of sulfonamides is 1. The lowest BCUT2D eigenvalue weighted by molar-refractivity contribution is 0.174. The summed E-state index contributed by atoms with van der Waals surface area (Å²) >= 11 is 0. The normalized spacial score (nSPS) is 18.9. The Morgan fingerprint density at radius 3 is 2.62 bits per heavy atom. The van der Waals surface area contributed by atoms with Crippen molar-refractivity contribution in [3.05, 3.63) is 53.6 Å². The summed E-state index contributed by atoms with van der Waals surface area (Å²) in [7, 11) is -3.12. The summed E-state index contributed by atoms with van der Waals surface area (Å²) in [5.41, 5.74) is 2.99. The first-order chi connectivity index (χ1) is 12.5. The van der Waals surface area contributed by atoms with Crippen molar-refractivity contribution in [1.82, 2.24) is 5.32 Å². The maximum Gasteiger partial charge on any atom is 0.235 e. The van der Waals surface area contributed by atoms with Crippen LogP contribution in [0.2, 0.25) is 0 Å². The summed E-state index contributed by atoms with van der Waals surface area (Å²) in [5.74, 6) is 1.81. The Morgan fingerprint density at radius 2 is 1.88 bits per heavy atom. The molecule has 2 aliphatic rings. The maximum absolute atomic E-state index is 12.0. The molecule has 138 valence electrons. The summed E-state index contributed by atoms with van der Waals surface area (Å²) < 4.78 is 36.3. The van der Waals surface area contributed by atoms with Gasteiger partial charge in [-0.3, -0.25) is 4.31 Å². The summed E-state index contributed by atoms with van der Waals surface area (Å²) in [6.07, 6.45) is 0.693. The fraction of sp³-hybridized carbons (Fsp3) is 0.368. The molecule has 2 heterocycles. The van der Waals surface area contributed by atoms with E-state index in [2.05, 4.69) is 12.2 Å². The van der Waals surface area contributed by atoms with Gasteiger partial charge in [0.25, 0.3) is 0 Å². The molecule has 2 aromatic rings. The molecule has 2 aromatic carbocycles. The van der Waals surface area contributed by atoms with Gasteiger partial charge in [-0.25, -0.2) is 8.42 Å². The maximum atomic E-state index is 12.0. The molecule has 1 saturated heterocycles. The molecule has 0 radical (unpaired) electrons. The van der Waals surface area contributed by atoms with Crippen LogP contribution in [0.1, 0.15) is 30.5 Å². The van der Waals surface area contributed by atoms with Gasteiger partial charge in [0, 0.05) is 19.1 Å². The average molecular weight is 374 g/mol. The van der Waals surface area contributed by atoms with Gasteiger partial charge in [-0.15, -0.1) is 0 Å². The van der Waals surface area contributed by atoms with Crippen molar-refractivity contribution in [2.45, 2.75) is 25.9 Å². The van der Waals surface area contributed by atoms with Crippen LogP contribution in [-0.4, -0.2) is 27.5 Å². The van der Waals surface area contributed by atoms with E-state index in [0.29, 0.717) is 19.5 Å². The molecule has 1 N–H and O–H groups in total.